The Morgan fingerprint density at radius 1 is 0.778 bits per heavy atom. The van der Waals surface area contributed by atoms with Crippen LogP contribution in [0.1, 0.15) is 41.5 Å². The van der Waals surface area contributed by atoms with Crippen LogP contribution in [0.25, 0.3) is 0 Å². The van der Waals surface area contributed by atoms with Crippen LogP contribution in [-0.2, 0) is 19.1 Å². The maximum absolute atomic E-state index is 12.1. The van der Waals surface area contributed by atoms with Gasteiger partial charge in [-0.3, -0.25) is 9.59 Å². The molecular formula is C14H20O4. The standard InChI is InChI=1S/C14H20O4/c1-13(2,3)17-10-7-9(15)8-11(12(10)16)18-14(4,5)6/h7-8H,1-6H3. The van der Waals surface area contributed by atoms with E-state index in [-0.39, 0.29) is 23.1 Å². The zero-order valence-electron chi connectivity index (χ0n) is 11.8. The summed E-state index contributed by atoms with van der Waals surface area (Å²) < 4.78 is 11.0. The summed E-state index contributed by atoms with van der Waals surface area (Å²) in [5.41, 5.74) is -1.07. The van der Waals surface area contributed by atoms with Crippen molar-refractivity contribution in [3.8, 4) is 0 Å². The van der Waals surface area contributed by atoms with E-state index in [1.54, 1.807) is 0 Å². The molecule has 0 atom stereocenters. The number of ether oxygens (including phenoxy) is 2. The molecular weight excluding hydrogens is 232 g/mol. The monoisotopic (exact) mass is 252 g/mol. The van der Waals surface area contributed by atoms with Crippen molar-refractivity contribution in [1.82, 2.24) is 0 Å². The van der Waals surface area contributed by atoms with Crippen molar-refractivity contribution < 1.29 is 19.1 Å². The fourth-order valence-electron chi connectivity index (χ4n) is 1.36. The number of Topliss-reactive ketones (excluding diaryl/α,β-unsaturated/α-hetero) is 1. The number of carbonyl (C=O) groups excluding carboxylic acids is 2. The molecule has 0 saturated heterocycles. The highest BCUT2D eigenvalue weighted by atomic mass is 16.5. The van der Waals surface area contributed by atoms with Gasteiger partial charge in [0.05, 0.1) is 0 Å². The maximum Gasteiger partial charge on any atom is 0.262 e. The van der Waals surface area contributed by atoms with Gasteiger partial charge in [0.2, 0.25) is 0 Å². The number of carbonyl (C=O) groups is 2. The summed E-state index contributed by atoms with van der Waals surface area (Å²) >= 11 is 0. The van der Waals surface area contributed by atoms with Crippen LogP contribution in [0.5, 0.6) is 0 Å². The largest absolute Gasteiger partial charge is 0.484 e. The molecule has 0 amide bonds. The van der Waals surface area contributed by atoms with Crippen molar-refractivity contribution in [2.24, 2.45) is 0 Å². The summed E-state index contributed by atoms with van der Waals surface area (Å²) in [5, 5.41) is 0. The molecule has 1 rings (SSSR count). The van der Waals surface area contributed by atoms with E-state index in [0.717, 1.165) is 0 Å². The second-order valence-electron chi connectivity index (χ2n) is 6.18. The molecule has 18 heavy (non-hydrogen) atoms. The lowest BCUT2D eigenvalue weighted by Crippen LogP contribution is -2.29. The maximum atomic E-state index is 12.1. The minimum atomic E-state index is -0.536. The van der Waals surface area contributed by atoms with E-state index in [1.165, 1.54) is 12.2 Å². The Morgan fingerprint density at radius 2 is 1.11 bits per heavy atom. The van der Waals surface area contributed by atoms with Crippen LogP contribution in [0, 0.1) is 0 Å². The minimum Gasteiger partial charge on any atom is -0.484 e. The van der Waals surface area contributed by atoms with Gasteiger partial charge in [0.1, 0.15) is 11.2 Å². The summed E-state index contributed by atoms with van der Waals surface area (Å²) in [6.07, 6.45) is 2.40. The van der Waals surface area contributed by atoms with Crippen LogP contribution < -0.4 is 0 Å². The molecule has 0 heterocycles. The molecule has 1 aliphatic rings. The number of rotatable bonds is 2. The number of hydrogen-bond acceptors (Lipinski definition) is 4. The third-order valence-corrected chi connectivity index (χ3v) is 1.83. The topological polar surface area (TPSA) is 52.6 Å². The van der Waals surface area contributed by atoms with Crippen molar-refractivity contribution in [3.05, 3.63) is 23.7 Å². The molecule has 0 radical (unpaired) electrons. The lowest BCUT2D eigenvalue weighted by Gasteiger charge is -2.27. The summed E-state index contributed by atoms with van der Waals surface area (Å²) in [5.74, 6) is -0.615. The van der Waals surface area contributed by atoms with Gasteiger partial charge in [0.15, 0.2) is 17.3 Å². The minimum absolute atomic E-state index is 0.0363. The molecule has 0 aromatic heterocycles. The van der Waals surface area contributed by atoms with E-state index < -0.39 is 11.2 Å². The molecule has 0 aliphatic heterocycles. The van der Waals surface area contributed by atoms with Gasteiger partial charge >= 0.3 is 0 Å². The van der Waals surface area contributed by atoms with Gasteiger partial charge in [0, 0.05) is 12.2 Å². The molecule has 0 unspecified atom stereocenters. The van der Waals surface area contributed by atoms with Gasteiger partial charge in [-0.1, -0.05) is 0 Å². The molecule has 4 nitrogen and oxygen atoms in total. The predicted molar refractivity (Wildman–Crippen MR) is 67.9 cm³/mol. The number of ketones is 2. The first-order chi connectivity index (χ1) is 7.98. The highest BCUT2D eigenvalue weighted by molar-refractivity contribution is 6.18. The smallest absolute Gasteiger partial charge is 0.262 e. The predicted octanol–water partition coefficient (Wildman–Crippen LogP) is 2.54. The first-order valence-electron chi connectivity index (χ1n) is 5.88. The van der Waals surface area contributed by atoms with Gasteiger partial charge < -0.3 is 9.47 Å². The summed E-state index contributed by atoms with van der Waals surface area (Å²) in [4.78, 5) is 23.6. The van der Waals surface area contributed by atoms with E-state index in [4.69, 9.17) is 9.47 Å². The molecule has 0 bridgehead atoms. The Kier molecular flexibility index (Phi) is 3.70. The SMILES string of the molecule is CC(C)(C)OC1=CC(=O)C=C(OC(C)(C)C)C1=O. The molecule has 0 aromatic rings. The quantitative estimate of drug-likeness (QED) is 0.709. The van der Waals surface area contributed by atoms with Crippen LogP contribution in [-0.4, -0.2) is 22.8 Å². The molecule has 0 saturated carbocycles. The molecule has 0 spiro atoms. The number of hydrogen-bond donors (Lipinski definition) is 0. The third kappa shape index (κ3) is 4.35. The van der Waals surface area contributed by atoms with Crippen molar-refractivity contribution in [3.63, 3.8) is 0 Å². The zero-order valence-corrected chi connectivity index (χ0v) is 11.8. The number of allylic oxidation sites excluding steroid dienone is 2. The van der Waals surface area contributed by atoms with Crippen molar-refractivity contribution >= 4 is 11.6 Å². The molecule has 4 heteroatoms. The molecule has 0 aromatic carbocycles. The van der Waals surface area contributed by atoms with Crippen molar-refractivity contribution in [2.45, 2.75) is 52.7 Å². The fourth-order valence-corrected chi connectivity index (χ4v) is 1.36. The van der Waals surface area contributed by atoms with Gasteiger partial charge in [0.25, 0.3) is 5.78 Å². The van der Waals surface area contributed by atoms with Crippen molar-refractivity contribution in [1.29, 1.82) is 0 Å². The van der Waals surface area contributed by atoms with E-state index in [2.05, 4.69) is 0 Å². The Bertz CT molecular complexity index is 390. The average Bonchev–Trinajstić information content (AvgIpc) is 2.07. The average molecular weight is 252 g/mol. The van der Waals surface area contributed by atoms with Crippen LogP contribution in [0.4, 0.5) is 0 Å². The van der Waals surface area contributed by atoms with Crippen LogP contribution in [0.2, 0.25) is 0 Å². The summed E-state index contributed by atoms with van der Waals surface area (Å²) in [6, 6.07) is 0. The Balaban J connectivity index is 2.94. The van der Waals surface area contributed by atoms with Crippen LogP contribution >= 0.6 is 0 Å². The Labute approximate surface area is 108 Å². The summed E-state index contributed by atoms with van der Waals surface area (Å²) in [7, 11) is 0. The zero-order chi connectivity index (χ0) is 14.1. The van der Waals surface area contributed by atoms with Gasteiger partial charge in [-0.25, -0.2) is 0 Å². The summed E-state index contributed by atoms with van der Waals surface area (Å²) in [6.45, 7) is 10.9. The second-order valence-corrected chi connectivity index (χ2v) is 6.18. The van der Waals surface area contributed by atoms with Gasteiger partial charge in [-0.2, -0.15) is 0 Å². The Hall–Kier alpha value is -1.58. The van der Waals surface area contributed by atoms with Crippen LogP contribution in [0.15, 0.2) is 23.7 Å². The fraction of sp³-hybridized carbons (Fsp3) is 0.571. The van der Waals surface area contributed by atoms with E-state index in [0.29, 0.717) is 0 Å². The normalized spacial score (nSPS) is 17.2. The molecule has 100 valence electrons. The first kappa shape index (κ1) is 14.5. The highest BCUT2D eigenvalue weighted by Crippen LogP contribution is 2.24. The highest BCUT2D eigenvalue weighted by Gasteiger charge is 2.30. The van der Waals surface area contributed by atoms with E-state index in [9.17, 15) is 9.59 Å². The second kappa shape index (κ2) is 4.59. The first-order valence-corrected chi connectivity index (χ1v) is 5.88. The van der Waals surface area contributed by atoms with Gasteiger partial charge in [-0.15, -0.1) is 0 Å². The van der Waals surface area contributed by atoms with Crippen LogP contribution in [0.3, 0.4) is 0 Å². The Morgan fingerprint density at radius 3 is 1.39 bits per heavy atom. The van der Waals surface area contributed by atoms with E-state index in [1.807, 2.05) is 41.5 Å². The van der Waals surface area contributed by atoms with Gasteiger partial charge in [-0.05, 0) is 41.5 Å². The third-order valence-electron chi connectivity index (χ3n) is 1.83. The van der Waals surface area contributed by atoms with E-state index >= 15 is 0 Å². The molecule has 0 N–H and O–H groups in total. The molecule has 0 fully saturated rings. The lowest BCUT2D eigenvalue weighted by atomic mass is 10.1. The van der Waals surface area contributed by atoms with Crippen molar-refractivity contribution in [2.75, 3.05) is 0 Å². The lowest BCUT2D eigenvalue weighted by molar-refractivity contribution is -0.125. The molecule has 1 aliphatic carbocycles.